The highest BCUT2D eigenvalue weighted by atomic mass is 33.2. The molecule has 6 heteroatoms. The van der Waals surface area contributed by atoms with E-state index >= 15 is 0 Å². The first-order chi connectivity index (χ1) is 3.64. The molecule has 0 aliphatic carbocycles. The maximum Gasteiger partial charge on any atom is 0.325 e. The van der Waals surface area contributed by atoms with Gasteiger partial charge in [-0.05, 0) is 0 Å². The molecule has 1 fully saturated rings. The summed E-state index contributed by atoms with van der Waals surface area (Å²) in [5, 5.41) is 0. The molecule has 1 aliphatic heterocycles. The minimum absolute atomic E-state index is 0.254. The van der Waals surface area contributed by atoms with Crippen molar-refractivity contribution < 1.29 is 12.6 Å². The van der Waals surface area contributed by atoms with E-state index in [4.69, 9.17) is 5.73 Å². The SMILES string of the molecule is NCC1OS(=O)(=O)S1. The van der Waals surface area contributed by atoms with E-state index in [1.165, 1.54) is 0 Å². The summed E-state index contributed by atoms with van der Waals surface area (Å²) in [7, 11) is -2.45. The Balaban J connectivity index is 2.43. The molecule has 0 spiro atoms. The molecule has 1 rings (SSSR count). The van der Waals surface area contributed by atoms with Crippen LogP contribution in [0.15, 0.2) is 0 Å². The van der Waals surface area contributed by atoms with Gasteiger partial charge in [-0.2, -0.15) is 8.42 Å². The highest BCUT2D eigenvalue weighted by Crippen LogP contribution is 2.33. The summed E-state index contributed by atoms with van der Waals surface area (Å²) < 4.78 is 24.6. The van der Waals surface area contributed by atoms with Gasteiger partial charge in [-0.1, -0.05) is 0 Å². The Morgan fingerprint density at radius 1 is 1.75 bits per heavy atom. The first-order valence-electron chi connectivity index (χ1n) is 1.95. The zero-order valence-corrected chi connectivity index (χ0v) is 5.54. The lowest BCUT2D eigenvalue weighted by atomic mass is 10.7. The molecule has 1 heterocycles. The molecule has 0 radical (unpaired) electrons. The normalized spacial score (nSPS) is 33.9. The second kappa shape index (κ2) is 1.87. The molecule has 0 saturated carbocycles. The van der Waals surface area contributed by atoms with Crippen LogP contribution in [0.1, 0.15) is 0 Å². The van der Waals surface area contributed by atoms with Crippen LogP contribution in [0.2, 0.25) is 0 Å². The summed E-state index contributed by atoms with van der Waals surface area (Å²) in [6.45, 7) is 0.254. The maximum absolute atomic E-state index is 10.1. The first-order valence-corrected chi connectivity index (χ1v) is 4.76. The second-order valence-electron chi connectivity index (χ2n) is 1.27. The molecule has 8 heavy (non-hydrogen) atoms. The van der Waals surface area contributed by atoms with E-state index < -0.39 is 9.15 Å². The van der Waals surface area contributed by atoms with Crippen molar-refractivity contribution in [3.8, 4) is 0 Å². The van der Waals surface area contributed by atoms with Gasteiger partial charge < -0.3 is 5.73 Å². The summed E-state index contributed by atoms with van der Waals surface area (Å²) in [4.78, 5) is 0. The topological polar surface area (TPSA) is 69.4 Å². The van der Waals surface area contributed by atoms with Crippen LogP contribution in [-0.4, -0.2) is 20.4 Å². The van der Waals surface area contributed by atoms with Crippen molar-refractivity contribution in [3.05, 3.63) is 0 Å². The molecule has 0 aromatic rings. The molecule has 1 saturated heterocycles. The predicted octanol–water partition coefficient (Wildman–Crippen LogP) is -0.721. The lowest BCUT2D eigenvalue weighted by molar-refractivity contribution is 0.291. The van der Waals surface area contributed by atoms with E-state index in [1.54, 1.807) is 0 Å². The lowest BCUT2D eigenvalue weighted by Crippen LogP contribution is -2.32. The maximum atomic E-state index is 10.1. The van der Waals surface area contributed by atoms with E-state index in [1.807, 2.05) is 0 Å². The summed E-state index contributed by atoms with van der Waals surface area (Å²) in [5.41, 5.74) is 4.71. The number of hydrogen-bond acceptors (Lipinski definition) is 5. The van der Waals surface area contributed by atoms with Crippen LogP contribution in [0.3, 0.4) is 0 Å². The molecule has 2 N–H and O–H groups in total. The number of nitrogens with two attached hydrogens (primary N) is 1. The molecule has 0 aromatic carbocycles. The zero-order valence-electron chi connectivity index (χ0n) is 3.90. The van der Waals surface area contributed by atoms with Crippen molar-refractivity contribution in [2.24, 2.45) is 5.73 Å². The Labute approximate surface area is 50.9 Å². The molecule has 0 amide bonds. The quantitative estimate of drug-likeness (QED) is 0.506. The Morgan fingerprint density at radius 3 is 2.38 bits per heavy atom. The third-order valence-corrected chi connectivity index (χ3v) is 3.56. The van der Waals surface area contributed by atoms with Gasteiger partial charge in [0, 0.05) is 17.3 Å². The van der Waals surface area contributed by atoms with Gasteiger partial charge in [-0.15, -0.1) is 0 Å². The van der Waals surface area contributed by atoms with E-state index in [-0.39, 0.29) is 12.0 Å². The molecule has 0 bridgehead atoms. The minimum atomic E-state index is -3.21. The van der Waals surface area contributed by atoms with Crippen molar-refractivity contribution in [1.82, 2.24) is 0 Å². The zero-order chi connectivity index (χ0) is 6.20. The van der Waals surface area contributed by atoms with Crippen molar-refractivity contribution in [3.63, 3.8) is 0 Å². The Hall–Kier alpha value is 0.220. The van der Waals surface area contributed by atoms with Crippen molar-refractivity contribution >= 4 is 19.9 Å². The Kier molecular flexibility index (Phi) is 1.48. The second-order valence-corrected chi connectivity index (χ2v) is 4.80. The monoisotopic (exact) mass is 155 g/mol. The molecule has 0 aromatic heterocycles. The van der Waals surface area contributed by atoms with Gasteiger partial charge in [-0.25, -0.2) is 4.18 Å². The third-order valence-electron chi connectivity index (χ3n) is 0.643. The van der Waals surface area contributed by atoms with Gasteiger partial charge in [0.2, 0.25) is 0 Å². The van der Waals surface area contributed by atoms with Crippen LogP contribution < -0.4 is 5.73 Å². The Bertz CT molecular complexity index is 162. The fourth-order valence-electron chi connectivity index (χ4n) is 0.349. The minimum Gasteiger partial charge on any atom is -0.327 e. The fraction of sp³-hybridized carbons (Fsp3) is 1.00. The predicted molar refractivity (Wildman–Crippen MR) is 30.4 cm³/mol. The number of rotatable bonds is 1. The smallest absolute Gasteiger partial charge is 0.325 e. The highest BCUT2D eigenvalue weighted by Gasteiger charge is 2.34. The van der Waals surface area contributed by atoms with Gasteiger partial charge in [0.25, 0.3) is 0 Å². The van der Waals surface area contributed by atoms with Gasteiger partial charge in [0.1, 0.15) is 0 Å². The van der Waals surface area contributed by atoms with Crippen molar-refractivity contribution in [1.29, 1.82) is 0 Å². The van der Waals surface area contributed by atoms with Crippen LogP contribution in [0.5, 0.6) is 0 Å². The molecule has 4 nitrogen and oxygen atoms in total. The van der Waals surface area contributed by atoms with Gasteiger partial charge in [-0.3, -0.25) is 0 Å². The standard InChI is InChI=1S/C2H5NO3S2/c3-1-2-6-8(4,5)7-2/h2H,1,3H2. The molecule has 1 aliphatic rings. The average Bonchev–Trinajstić information content (AvgIpc) is 1.60. The van der Waals surface area contributed by atoms with Crippen LogP contribution in [0.4, 0.5) is 0 Å². The molecular weight excluding hydrogens is 150 g/mol. The van der Waals surface area contributed by atoms with E-state index in [0.717, 1.165) is 10.8 Å². The summed E-state index contributed by atoms with van der Waals surface area (Å²) in [6.07, 6.45) is 0. The van der Waals surface area contributed by atoms with Crippen LogP contribution in [0.25, 0.3) is 0 Å². The number of hydrogen-bond donors (Lipinski definition) is 1. The first kappa shape index (κ1) is 6.34. The van der Waals surface area contributed by atoms with Gasteiger partial charge >= 0.3 is 9.15 Å². The average molecular weight is 155 g/mol. The molecule has 1 unspecified atom stereocenters. The molecule has 48 valence electrons. The summed E-state index contributed by atoms with van der Waals surface area (Å²) >= 11 is 0. The van der Waals surface area contributed by atoms with Gasteiger partial charge in [0.15, 0.2) is 5.44 Å². The Morgan fingerprint density at radius 2 is 2.25 bits per heavy atom. The van der Waals surface area contributed by atoms with Crippen LogP contribution in [0, 0.1) is 0 Å². The van der Waals surface area contributed by atoms with Crippen LogP contribution in [-0.2, 0) is 13.3 Å². The van der Waals surface area contributed by atoms with Crippen molar-refractivity contribution in [2.45, 2.75) is 5.44 Å². The van der Waals surface area contributed by atoms with E-state index in [2.05, 4.69) is 4.18 Å². The third kappa shape index (κ3) is 1.13. The largest absolute Gasteiger partial charge is 0.327 e. The van der Waals surface area contributed by atoms with Gasteiger partial charge in [0.05, 0.1) is 0 Å². The fourth-order valence-corrected chi connectivity index (χ4v) is 2.57. The van der Waals surface area contributed by atoms with E-state index in [0.29, 0.717) is 0 Å². The van der Waals surface area contributed by atoms with E-state index in [9.17, 15) is 8.42 Å². The molecular formula is C2H5NO3S2. The highest BCUT2D eigenvalue weighted by molar-refractivity contribution is 8.72. The van der Waals surface area contributed by atoms with Crippen molar-refractivity contribution in [2.75, 3.05) is 6.54 Å². The summed E-state index contributed by atoms with van der Waals surface area (Å²) in [5.74, 6) is 0. The lowest BCUT2D eigenvalue weighted by Gasteiger charge is -2.21. The molecule has 1 atom stereocenters. The summed E-state index contributed by atoms with van der Waals surface area (Å²) in [6, 6.07) is 0. The van der Waals surface area contributed by atoms with Crippen LogP contribution >= 0.6 is 10.8 Å².